The first kappa shape index (κ1) is 11.2. The summed E-state index contributed by atoms with van der Waals surface area (Å²) in [6.07, 6.45) is 3.27. The quantitative estimate of drug-likeness (QED) is 0.919. The molecule has 0 aliphatic rings. The minimum atomic E-state index is -0.0324. The molecular weight excluding hydrogens is 268 g/mol. The van der Waals surface area contributed by atoms with E-state index in [2.05, 4.69) is 25.9 Å². The summed E-state index contributed by atoms with van der Waals surface area (Å²) in [5.41, 5.74) is 2.85. The molecule has 2 aromatic rings. The summed E-state index contributed by atoms with van der Waals surface area (Å²) < 4.78 is 0.976. The monoisotopic (exact) mass is 278 g/mol. The smallest absolute Gasteiger partial charge is 0.160 e. The number of hydrogen-bond acceptors (Lipinski definition) is 3. The fourth-order valence-electron chi connectivity index (χ4n) is 1.38. The van der Waals surface area contributed by atoms with E-state index in [1.165, 1.54) is 5.56 Å². The third kappa shape index (κ3) is 2.28. The normalized spacial score (nSPS) is 10.4. The summed E-state index contributed by atoms with van der Waals surface area (Å²) in [6, 6.07) is 6.02. The fourth-order valence-corrected chi connectivity index (χ4v) is 2.05. The van der Waals surface area contributed by atoms with Crippen molar-refractivity contribution < 1.29 is 5.11 Å². The van der Waals surface area contributed by atoms with Gasteiger partial charge in [-0.2, -0.15) is 0 Å². The Bertz CT molecular complexity index is 497. The molecule has 2 rings (SSSR count). The Labute approximate surface area is 102 Å². The standard InChI is InChI=1S/C12H11BrN2O/c1-8-2-3-10(11(13)4-8)12-14-5-9(7-16)6-15-12/h2-6,16H,7H2,1H3. The topological polar surface area (TPSA) is 46.0 Å². The van der Waals surface area contributed by atoms with Gasteiger partial charge < -0.3 is 5.11 Å². The van der Waals surface area contributed by atoms with Crippen LogP contribution in [-0.2, 0) is 6.61 Å². The Hall–Kier alpha value is -1.26. The maximum absolute atomic E-state index is 8.90. The molecule has 0 saturated carbocycles. The van der Waals surface area contributed by atoms with E-state index in [1.807, 2.05) is 25.1 Å². The van der Waals surface area contributed by atoms with Gasteiger partial charge in [0.15, 0.2) is 5.82 Å². The van der Waals surface area contributed by atoms with Crippen LogP contribution in [0.15, 0.2) is 35.1 Å². The van der Waals surface area contributed by atoms with Crippen LogP contribution in [0.3, 0.4) is 0 Å². The molecule has 0 unspecified atom stereocenters. The lowest BCUT2D eigenvalue weighted by Gasteiger charge is -2.04. The molecule has 1 heterocycles. The molecule has 82 valence electrons. The molecule has 0 radical (unpaired) electrons. The molecule has 0 amide bonds. The molecule has 0 spiro atoms. The highest BCUT2D eigenvalue weighted by atomic mass is 79.9. The lowest BCUT2D eigenvalue weighted by Crippen LogP contribution is -1.93. The van der Waals surface area contributed by atoms with Crippen LogP contribution in [0, 0.1) is 6.92 Å². The summed E-state index contributed by atoms with van der Waals surface area (Å²) in [6.45, 7) is 2.00. The summed E-state index contributed by atoms with van der Waals surface area (Å²) in [7, 11) is 0. The van der Waals surface area contributed by atoms with Crippen molar-refractivity contribution in [3.05, 3.63) is 46.2 Å². The third-order valence-corrected chi connectivity index (χ3v) is 2.91. The molecule has 1 aromatic heterocycles. The first-order valence-electron chi connectivity index (χ1n) is 4.89. The van der Waals surface area contributed by atoms with Crippen molar-refractivity contribution in [2.24, 2.45) is 0 Å². The van der Waals surface area contributed by atoms with E-state index in [0.717, 1.165) is 10.0 Å². The van der Waals surface area contributed by atoms with Crippen LogP contribution in [0.2, 0.25) is 0 Å². The maximum Gasteiger partial charge on any atom is 0.160 e. The molecule has 3 nitrogen and oxygen atoms in total. The van der Waals surface area contributed by atoms with E-state index < -0.39 is 0 Å². The second-order valence-corrected chi connectivity index (χ2v) is 4.41. The van der Waals surface area contributed by atoms with Gasteiger partial charge in [0.05, 0.1) is 6.61 Å². The summed E-state index contributed by atoms with van der Waals surface area (Å²) in [4.78, 5) is 8.42. The Balaban J connectivity index is 2.42. The van der Waals surface area contributed by atoms with E-state index >= 15 is 0 Å². The number of nitrogens with zero attached hydrogens (tertiary/aromatic N) is 2. The number of halogens is 1. The van der Waals surface area contributed by atoms with E-state index in [1.54, 1.807) is 12.4 Å². The van der Waals surface area contributed by atoms with E-state index in [-0.39, 0.29) is 6.61 Å². The molecule has 16 heavy (non-hydrogen) atoms. The van der Waals surface area contributed by atoms with Crippen molar-refractivity contribution in [1.29, 1.82) is 0 Å². The van der Waals surface area contributed by atoms with Crippen LogP contribution >= 0.6 is 15.9 Å². The van der Waals surface area contributed by atoms with Crippen LogP contribution in [0.25, 0.3) is 11.4 Å². The van der Waals surface area contributed by atoms with Gasteiger partial charge in [-0.15, -0.1) is 0 Å². The summed E-state index contributed by atoms with van der Waals surface area (Å²) in [5, 5.41) is 8.90. The summed E-state index contributed by atoms with van der Waals surface area (Å²) >= 11 is 3.49. The second-order valence-electron chi connectivity index (χ2n) is 3.56. The molecule has 0 aliphatic heterocycles. The van der Waals surface area contributed by atoms with Crippen LogP contribution in [0.1, 0.15) is 11.1 Å². The second kappa shape index (κ2) is 4.72. The largest absolute Gasteiger partial charge is 0.392 e. The lowest BCUT2D eigenvalue weighted by molar-refractivity contribution is 0.281. The minimum Gasteiger partial charge on any atom is -0.392 e. The highest BCUT2D eigenvalue weighted by molar-refractivity contribution is 9.10. The lowest BCUT2D eigenvalue weighted by atomic mass is 10.1. The average molecular weight is 279 g/mol. The number of aliphatic hydroxyl groups is 1. The number of aliphatic hydroxyl groups excluding tert-OH is 1. The first-order chi connectivity index (χ1) is 7.70. The van der Waals surface area contributed by atoms with Gasteiger partial charge in [-0.25, -0.2) is 9.97 Å². The van der Waals surface area contributed by atoms with Crippen LogP contribution in [0.5, 0.6) is 0 Å². The van der Waals surface area contributed by atoms with Gasteiger partial charge in [0.1, 0.15) is 0 Å². The molecule has 1 N–H and O–H groups in total. The van der Waals surface area contributed by atoms with Crippen molar-refractivity contribution in [3.8, 4) is 11.4 Å². The SMILES string of the molecule is Cc1ccc(-c2ncc(CO)cn2)c(Br)c1. The molecular formula is C12H11BrN2O. The molecule has 1 aromatic carbocycles. The Morgan fingerprint density at radius 2 is 1.94 bits per heavy atom. The van der Waals surface area contributed by atoms with Gasteiger partial charge in [0, 0.05) is 28.0 Å². The Kier molecular flexibility index (Phi) is 3.31. The van der Waals surface area contributed by atoms with E-state index in [0.29, 0.717) is 11.4 Å². The molecule has 0 bridgehead atoms. The van der Waals surface area contributed by atoms with Crippen molar-refractivity contribution in [2.75, 3.05) is 0 Å². The van der Waals surface area contributed by atoms with Crippen LogP contribution < -0.4 is 0 Å². The third-order valence-electron chi connectivity index (χ3n) is 2.25. The van der Waals surface area contributed by atoms with Gasteiger partial charge in [-0.1, -0.05) is 22.0 Å². The zero-order chi connectivity index (χ0) is 11.5. The van der Waals surface area contributed by atoms with Gasteiger partial charge in [0.25, 0.3) is 0 Å². The molecule has 0 saturated heterocycles. The van der Waals surface area contributed by atoms with Crippen LogP contribution in [0.4, 0.5) is 0 Å². The number of aromatic nitrogens is 2. The predicted octanol–water partition coefficient (Wildman–Crippen LogP) is 2.71. The fraction of sp³-hybridized carbons (Fsp3) is 0.167. The van der Waals surface area contributed by atoms with Gasteiger partial charge in [0.2, 0.25) is 0 Å². The number of hydrogen-bond donors (Lipinski definition) is 1. The van der Waals surface area contributed by atoms with Gasteiger partial charge >= 0.3 is 0 Å². The first-order valence-corrected chi connectivity index (χ1v) is 5.68. The highest BCUT2D eigenvalue weighted by Crippen LogP contribution is 2.26. The van der Waals surface area contributed by atoms with Crippen molar-refractivity contribution in [1.82, 2.24) is 9.97 Å². The minimum absolute atomic E-state index is 0.0324. The molecule has 0 atom stereocenters. The highest BCUT2D eigenvalue weighted by Gasteiger charge is 2.05. The predicted molar refractivity (Wildman–Crippen MR) is 65.8 cm³/mol. The van der Waals surface area contributed by atoms with Crippen LogP contribution in [-0.4, -0.2) is 15.1 Å². The zero-order valence-corrected chi connectivity index (χ0v) is 10.4. The van der Waals surface area contributed by atoms with Crippen molar-refractivity contribution >= 4 is 15.9 Å². The van der Waals surface area contributed by atoms with E-state index in [9.17, 15) is 0 Å². The van der Waals surface area contributed by atoms with E-state index in [4.69, 9.17) is 5.11 Å². The number of rotatable bonds is 2. The molecule has 0 fully saturated rings. The average Bonchev–Trinajstić information content (AvgIpc) is 2.29. The Morgan fingerprint density at radius 1 is 1.25 bits per heavy atom. The number of benzene rings is 1. The maximum atomic E-state index is 8.90. The Morgan fingerprint density at radius 3 is 2.50 bits per heavy atom. The van der Waals surface area contributed by atoms with Gasteiger partial charge in [-0.3, -0.25) is 0 Å². The number of aryl methyl sites for hydroxylation is 1. The molecule has 0 aliphatic carbocycles. The van der Waals surface area contributed by atoms with Crippen molar-refractivity contribution in [2.45, 2.75) is 13.5 Å². The van der Waals surface area contributed by atoms with Crippen molar-refractivity contribution in [3.63, 3.8) is 0 Å². The van der Waals surface area contributed by atoms with Gasteiger partial charge in [-0.05, 0) is 24.6 Å². The molecule has 4 heteroatoms. The summed E-state index contributed by atoms with van der Waals surface area (Å²) in [5.74, 6) is 0.657. The zero-order valence-electron chi connectivity index (χ0n) is 8.81.